The lowest BCUT2D eigenvalue weighted by Crippen LogP contribution is -2.90. The fraction of sp³-hybridized carbons (Fsp3) is 0.414. The number of nitrogens with two attached hydrogens (primary N) is 2. The molecule has 0 aromatic heterocycles. The number of alkyl carbamates (subject to hydrolysis) is 1. The van der Waals surface area contributed by atoms with Gasteiger partial charge in [-0.05, 0) is 17.5 Å². The summed E-state index contributed by atoms with van der Waals surface area (Å²) in [6, 6.07) is 18.1. The van der Waals surface area contributed by atoms with E-state index in [0.717, 1.165) is 16.0 Å². The van der Waals surface area contributed by atoms with Gasteiger partial charge in [0, 0.05) is 25.3 Å². The van der Waals surface area contributed by atoms with E-state index in [4.69, 9.17) is 16.2 Å². The summed E-state index contributed by atoms with van der Waals surface area (Å²) in [6.07, 6.45) is -1.54. The van der Waals surface area contributed by atoms with Crippen LogP contribution in [0.3, 0.4) is 0 Å². The molecule has 0 bridgehead atoms. The number of benzene rings is 2. The number of nitrogens with one attached hydrogen (secondary N) is 3. The fourth-order valence-electron chi connectivity index (χ4n) is 6.66. The summed E-state index contributed by atoms with van der Waals surface area (Å²) < 4.78 is 5.56. The number of aliphatic hydroxyl groups is 2. The number of carbonyl (C=O) groups is 3. The molecule has 2 saturated heterocycles. The van der Waals surface area contributed by atoms with E-state index in [-0.39, 0.29) is 62.1 Å². The zero-order valence-corrected chi connectivity index (χ0v) is 23.3. The zero-order chi connectivity index (χ0) is 30.4. The number of likely N-dealkylation sites (tertiary alicyclic amines) is 1. The van der Waals surface area contributed by atoms with E-state index in [9.17, 15) is 24.6 Å². The number of nitrogens with zero attached hydrogens (tertiary/aromatic N) is 3. The quantitative estimate of drug-likeness (QED) is 0.124. The van der Waals surface area contributed by atoms with Gasteiger partial charge in [0.05, 0.1) is 13.1 Å². The number of carbonyl (C=O) groups excluding carboxylic acids is 3. The molecule has 0 unspecified atom stereocenters. The summed E-state index contributed by atoms with van der Waals surface area (Å²) >= 11 is 0. The average Bonchev–Trinajstić information content (AvgIpc) is 3.59. The van der Waals surface area contributed by atoms with Crippen molar-refractivity contribution in [3.8, 4) is 0 Å². The minimum atomic E-state index is -2.71. The molecule has 4 heterocycles. The van der Waals surface area contributed by atoms with Crippen molar-refractivity contribution < 1.29 is 34.3 Å². The first-order valence-corrected chi connectivity index (χ1v) is 14.2. The standard InChI is InChI=1S/C29H34N8O6/c30-25-34-24-20(15-36-22(38)11-12-23(36)39)33-26(31)37-16-21(29(41,42)28(24,37)35-25)43-27(40)32-14-13-19(17-7-3-1-4-8-17)18-9-5-2-6-10-18/h1-10,19-21,24,41-42H,11-16H2,(H2,31,33)(H,32,40)(H3,30,34,35)/p+1/t20-,21-,24-,28-/m0/s1. The lowest BCUT2D eigenvalue weighted by atomic mass is 9.85. The topological polar surface area (TPSA) is 210 Å². The summed E-state index contributed by atoms with van der Waals surface area (Å²) in [5.41, 5.74) is 12.7. The highest BCUT2D eigenvalue weighted by molar-refractivity contribution is 6.02. The van der Waals surface area contributed by atoms with Crippen LogP contribution >= 0.6 is 0 Å². The van der Waals surface area contributed by atoms with Crippen LogP contribution in [0.5, 0.6) is 0 Å². The number of guanidine groups is 2. The van der Waals surface area contributed by atoms with Crippen molar-refractivity contribution in [2.45, 2.75) is 54.8 Å². The van der Waals surface area contributed by atoms with Crippen molar-refractivity contribution >= 4 is 29.8 Å². The Labute approximate surface area is 247 Å². The van der Waals surface area contributed by atoms with Gasteiger partial charge in [0.1, 0.15) is 6.04 Å². The molecule has 0 saturated carbocycles. The molecule has 226 valence electrons. The Balaban J connectivity index is 1.16. The summed E-state index contributed by atoms with van der Waals surface area (Å²) in [5, 5.41) is 28.7. The fourth-order valence-corrected chi connectivity index (χ4v) is 6.66. The lowest BCUT2D eigenvalue weighted by Gasteiger charge is -2.46. The van der Waals surface area contributed by atoms with Gasteiger partial charge < -0.3 is 26.0 Å². The minimum Gasteiger partial charge on any atom is -0.438 e. The monoisotopic (exact) mass is 591 g/mol. The first kappa shape index (κ1) is 28.4. The van der Waals surface area contributed by atoms with Crippen molar-refractivity contribution in [2.75, 3.05) is 19.6 Å². The van der Waals surface area contributed by atoms with Crippen LogP contribution in [-0.2, 0) is 14.3 Å². The molecule has 2 aromatic rings. The largest absolute Gasteiger partial charge is 0.438 e. The third-order valence-corrected chi connectivity index (χ3v) is 8.71. The number of aliphatic imine (C=N–C) groups is 1. The molecule has 4 aliphatic rings. The molecule has 2 aromatic carbocycles. The summed E-state index contributed by atoms with van der Waals surface area (Å²) in [7, 11) is 0. The summed E-state index contributed by atoms with van der Waals surface area (Å²) in [4.78, 5) is 47.4. The number of hydrogen-bond acceptors (Lipinski definition) is 11. The number of rotatable bonds is 8. The second-order valence-electron chi connectivity index (χ2n) is 11.2. The SMILES string of the molecule is NC1=N[C@@H](CN2C(=O)CCC2=O)[C@@H]2[NH+]=C(N)N[C@]23N1C[C@H](OC(=O)NCCC(c1ccccc1)c1ccccc1)C3(O)O. The van der Waals surface area contributed by atoms with Crippen molar-refractivity contribution in [2.24, 2.45) is 16.5 Å². The van der Waals surface area contributed by atoms with Gasteiger partial charge in [-0.2, -0.15) is 0 Å². The predicted octanol–water partition coefficient (Wildman–Crippen LogP) is -2.79. The molecule has 43 heavy (non-hydrogen) atoms. The van der Waals surface area contributed by atoms with Gasteiger partial charge >= 0.3 is 12.1 Å². The summed E-state index contributed by atoms with van der Waals surface area (Å²) in [6.45, 7) is -0.0860. The molecular weight excluding hydrogens is 556 g/mol. The Morgan fingerprint density at radius 3 is 2.28 bits per heavy atom. The van der Waals surface area contributed by atoms with Gasteiger partial charge in [0.2, 0.25) is 11.8 Å². The van der Waals surface area contributed by atoms with Crippen molar-refractivity contribution in [3.05, 3.63) is 71.8 Å². The molecule has 2 fully saturated rings. The van der Waals surface area contributed by atoms with E-state index in [0.29, 0.717) is 6.42 Å². The first-order chi connectivity index (χ1) is 20.6. The molecule has 14 nitrogen and oxygen atoms in total. The molecular formula is C29H35N8O6+. The third kappa shape index (κ3) is 4.81. The van der Waals surface area contributed by atoms with Crippen molar-refractivity contribution in [3.63, 3.8) is 0 Å². The lowest BCUT2D eigenvalue weighted by molar-refractivity contribution is -0.522. The van der Waals surface area contributed by atoms with E-state index in [2.05, 4.69) is 20.6 Å². The minimum absolute atomic E-state index is 0.00872. The molecule has 0 aliphatic carbocycles. The molecule has 0 radical (unpaired) electrons. The van der Waals surface area contributed by atoms with Gasteiger partial charge in [0.15, 0.2) is 18.1 Å². The van der Waals surface area contributed by atoms with Gasteiger partial charge in [-0.25, -0.2) is 15.1 Å². The average molecular weight is 592 g/mol. The van der Waals surface area contributed by atoms with E-state index >= 15 is 0 Å². The van der Waals surface area contributed by atoms with E-state index < -0.39 is 35.7 Å². The van der Waals surface area contributed by atoms with Crippen LogP contribution < -0.4 is 27.1 Å². The highest BCUT2D eigenvalue weighted by Gasteiger charge is 2.77. The maximum atomic E-state index is 13.0. The highest BCUT2D eigenvalue weighted by atomic mass is 16.6. The maximum absolute atomic E-state index is 13.0. The molecule has 4 atom stereocenters. The summed E-state index contributed by atoms with van der Waals surface area (Å²) in [5.74, 6) is -3.46. The van der Waals surface area contributed by atoms with Crippen molar-refractivity contribution in [1.29, 1.82) is 0 Å². The Morgan fingerprint density at radius 1 is 1.07 bits per heavy atom. The van der Waals surface area contributed by atoms with Gasteiger partial charge in [-0.15, -0.1) is 0 Å². The van der Waals surface area contributed by atoms with Gasteiger partial charge in [0.25, 0.3) is 11.4 Å². The number of ether oxygens (including phenoxy) is 1. The Kier molecular flexibility index (Phi) is 7.18. The molecule has 1 spiro atoms. The Hall–Kier alpha value is -4.69. The Morgan fingerprint density at radius 2 is 1.67 bits per heavy atom. The molecule has 3 amide bonds. The van der Waals surface area contributed by atoms with Crippen LogP contribution in [0.4, 0.5) is 4.79 Å². The van der Waals surface area contributed by atoms with Crippen LogP contribution in [0, 0.1) is 0 Å². The van der Waals surface area contributed by atoms with E-state index in [1.807, 2.05) is 60.7 Å². The number of amides is 3. The number of hydrogen-bond donors (Lipinski definition) is 7. The third-order valence-electron chi connectivity index (χ3n) is 8.71. The second-order valence-corrected chi connectivity index (χ2v) is 11.2. The first-order valence-electron chi connectivity index (χ1n) is 14.2. The van der Waals surface area contributed by atoms with Crippen LogP contribution in [0.15, 0.2) is 65.7 Å². The Bertz CT molecular complexity index is 1410. The van der Waals surface area contributed by atoms with Gasteiger partial charge in [-0.3, -0.25) is 30.1 Å². The van der Waals surface area contributed by atoms with Crippen LogP contribution in [0.2, 0.25) is 0 Å². The molecule has 14 heteroatoms. The van der Waals surface area contributed by atoms with Crippen LogP contribution in [0.1, 0.15) is 36.3 Å². The molecule has 6 rings (SSSR count). The number of imide groups is 1. The predicted molar refractivity (Wildman–Crippen MR) is 153 cm³/mol. The second kappa shape index (κ2) is 10.9. The maximum Gasteiger partial charge on any atom is 0.407 e. The van der Waals surface area contributed by atoms with Gasteiger partial charge in [-0.1, -0.05) is 60.7 Å². The molecule has 4 aliphatic heterocycles. The van der Waals surface area contributed by atoms with E-state index in [1.54, 1.807) is 0 Å². The zero-order valence-electron chi connectivity index (χ0n) is 23.3. The smallest absolute Gasteiger partial charge is 0.407 e. The van der Waals surface area contributed by atoms with Crippen LogP contribution in [-0.4, -0.2) is 99.1 Å². The van der Waals surface area contributed by atoms with Crippen molar-refractivity contribution in [1.82, 2.24) is 20.4 Å². The van der Waals surface area contributed by atoms with E-state index in [1.165, 1.54) is 4.90 Å². The molecule has 9 N–H and O–H groups in total. The van der Waals surface area contributed by atoms with Crippen LogP contribution in [0.25, 0.3) is 0 Å². The highest BCUT2D eigenvalue weighted by Crippen LogP contribution is 2.42. The normalized spacial score (nSPS) is 27.4.